The van der Waals surface area contributed by atoms with Crippen LogP contribution in [-0.4, -0.2) is 0 Å². The van der Waals surface area contributed by atoms with E-state index in [0.29, 0.717) is 0 Å². The van der Waals surface area contributed by atoms with E-state index in [2.05, 4.69) is 193 Å². The normalized spacial score (nSPS) is 11.6. The van der Waals surface area contributed by atoms with Crippen LogP contribution in [0.1, 0.15) is 0 Å². The highest BCUT2D eigenvalue weighted by Crippen LogP contribution is 2.48. The number of furan rings is 1. The highest BCUT2D eigenvalue weighted by molar-refractivity contribution is 7.26. The average Bonchev–Trinajstić information content (AvgIpc) is 3.83. The zero-order valence-corrected chi connectivity index (χ0v) is 30.6. The largest absolute Gasteiger partial charge is 0.456 e. The third kappa shape index (κ3) is 5.32. The van der Waals surface area contributed by atoms with Crippen LogP contribution in [0.15, 0.2) is 205 Å². The highest BCUT2D eigenvalue weighted by Gasteiger charge is 2.22. The fourth-order valence-corrected chi connectivity index (χ4v) is 9.45. The Bertz CT molecular complexity index is 3200. The zero-order valence-electron chi connectivity index (χ0n) is 29.8. The van der Waals surface area contributed by atoms with E-state index in [-0.39, 0.29) is 0 Å². The van der Waals surface area contributed by atoms with Gasteiger partial charge in [-0.25, -0.2) is 0 Å². The molecule has 0 unspecified atom stereocenters. The van der Waals surface area contributed by atoms with Crippen molar-refractivity contribution >= 4 is 81.3 Å². The minimum atomic E-state index is 0.901. The molecule has 3 heteroatoms. The third-order valence-electron chi connectivity index (χ3n) is 10.9. The second kappa shape index (κ2) is 12.9. The van der Waals surface area contributed by atoms with Crippen LogP contribution in [0.4, 0.5) is 17.1 Å². The molecule has 0 bridgehead atoms. The van der Waals surface area contributed by atoms with E-state index < -0.39 is 0 Å². The third-order valence-corrected chi connectivity index (χ3v) is 12.1. The van der Waals surface area contributed by atoms with E-state index in [1.165, 1.54) is 53.2 Å². The van der Waals surface area contributed by atoms with Crippen LogP contribution in [0.25, 0.3) is 86.3 Å². The van der Waals surface area contributed by atoms with Crippen LogP contribution >= 0.6 is 11.3 Å². The van der Waals surface area contributed by atoms with Crippen LogP contribution in [0, 0.1) is 0 Å². The molecule has 0 saturated heterocycles. The van der Waals surface area contributed by atoms with Crippen molar-refractivity contribution in [2.45, 2.75) is 0 Å². The number of para-hydroxylation sites is 1. The number of thiophene rings is 1. The Hall–Kier alpha value is -6.94. The highest BCUT2D eigenvalue weighted by atomic mass is 32.1. The average molecular weight is 720 g/mol. The van der Waals surface area contributed by atoms with Gasteiger partial charge >= 0.3 is 0 Å². The SMILES string of the molecule is c1ccc(-c2ccc(-c3cccc4ccccc34)cc2N(c2ccc(-c3ccc4c(c3)oc3ccccc34)cc2)c2cccc3c2sc2ccccc23)cc1. The number of rotatable bonds is 6. The summed E-state index contributed by atoms with van der Waals surface area (Å²) in [5, 5.41) is 7.31. The first-order valence-corrected chi connectivity index (χ1v) is 19.5. The molecule has 0 aliphatic heterocycles. The predicted octanol–water partition coefficient (Wildman–Crippen LogP) is 15.6. The van der Waals surface area contributed by atoms with Crippen molar-refractivity contribution in [3.8, 4) is 33.4 Å². The van der Waals surface area contributed by atoms with Gasteiger partial charge in [0.15, 0.2) is 0 Å². The molecule has 11 aromatic rings. The lowest BCUT2D eigenvalue weighted by molar-refractivity contribution is 0.669. The maximum atomic E-state index is 6.28. The molecule has 0 N–H and O–H groups in total. The first-order valence-electron chi connectivity index (χ1n) is 18.7. The molecule has 9 aromatic carbocycles. The van der Waals surface area contributed by atoms with Crippen molar-refractivity contribution in [2.24, 2.45) is 0 Å². The van der Waals surface area contributed by atoms with Gasteiger partial charge < -0.3 is 9.32 Å². The van der Waals surface area contributed by atoms with Crippen LogP contribution in [0.3, 0.4) is 0 Å². The lowest BCUT2D eigenvalue weighted by Crippen LogP contribution is -2.11. The van der Waals surface area contributed by atoms with Gasteiger partial charge in [0.25, 0.3) is 0 Å². The molecule has 0 radical (unpaired) electrons. The summed E-state index contributed by atoms with van der Waals surface area (Å²) in [4.78, 5) is 2.47. The summed E-state index contributed by atoms with van der Waals surface area (Å²) in [6, 6.07) is 72.3. The number of fused-ring (bicyclic) bond motifs is 7. The Morgan fingerprint density at radius 1 is 0.364 bits per heavy atom. The van der Waals surface area contributed by atoms with Crippen molar-refractivity contribution < 1.29 is 4.42 Å². The number of anilines is 3. The Morgan fingerprint density at radius 3 is 1.93 bits per heavy atom. The van der Waals surface area contributed by atoms with Gasteiger partial charge in [-0.1, -0.05) is 152 Å². The van der Waals surface area contributed by atoms with E-state index in [4.69, 9.17) is 4.42 Å². The maximum absolute atomic E-state index is 6.28. The van der Waals surface area contributed by atoms with Gasteiger partial charge in [-0.05, 0) is 87.1 Å². The molecule has 2 aromatic heterocycles. The van der Waals surface area contributed by atoms with Gasteiger partial charge in [0, 0.05) is 37.5 Å². The maximum Gasteiger partial charge on any atom is 0.136 e. The van der Waals surface area contributed by atoms with Gasteiger partial charge in [0.2, 0.25) is 0 Å². The van der Waals surface area contributed by atoms with Crippen molar-refractivity contribution in [1.29, 1.82) is 0 Å². The summed E-state index contributed by atoms with van der Waals surface area (Å²) in [6.07, 6.45) is 0. The molecule has 55 heavy (non-hydrogen) atoms. The van der Waals surface area contributed by atoms with Crippen LogP contribution in [-0.2, 0) is 0 Å². The molecule has 0 fully saturated rings. The Balaban J connectivity index is 1.14. The molecule has 0 saturated carbocycles. The van der Waals surface area contributed by atoms with E-state index in [1.807, 2.05) is 23.5 Å². The molecule has 2 heterocycles. The van der Waals surface area contributed by atoms with Crippen molar-refractivity contribution in [3.63, 3.8) is 0 Å². The molecule has 11 rings (SSSR count). The van der Waals surface area contributed by atoms with Crippen molar-refractivity contribution in [3.05, 3.63) is 200 Å². The lowest BCUT2D eigenvalue weighted by atomic mass is 9.94. The van der Waals surface area contributed by atoms with Crippen LogP contribution in [0.5, 0.6) is 0 Å². The minimum absolute atomic E-state index is 0.901. The molecule has 0 atom stereocenters. The number of nitrogens with zero attached hydrogens (tertiary/aromatic N) is 1. The number of hydrogen-bond donors (Lipinski definition) is 0. The number of benzene rings is 9. The molecular weight excluding hydrogens is 687 g/mol. The van der Waals surface area contributed by atoms with Gasteiger partial charge in [-0.15, -0.1) is 11.3 Å². The van der Waals surface area contributed by atoms with Gasteiger partial charge in [-0.2, -0.15) is 0 Å². The fourth-order valence-electron chi connectivity index (χ4n) is 8.25. The summed E-state index contributed by atoms with van der Waals surface area (Å²) in [7, 11) is 0. The molecule has 0 amide bonds. The van der Waals surface area contributed by atoms with Gasteiger partial charge in [0.1, 0.15) is 11.2 Å². The summed E-state index contributed by atoms with van der Waals surface area (Å²) in [6.45, 7) is 0. The molecule has 258 valence electrons. The molecule has 2 nitrogen and oxygen atoms in total. The molecule has 0 aliphatic carbocycles. The topological polar surface area (TPSA) is 16.4 Å². The van der Waals surface area contributed by atoms with E-state index >= 15 is 0 Å². The summed E-state index contributed by atoms with van der Waals surface area (Å²) < 4.78 is 8.83. The van der Waals surface area contributed by atoms with Crippen LogP contribution < -0.4 is 4.90 Å². The smallest absolute Gasteiger partial charge is 0.136 e. The molecular formula is C52H33NOS. The lowest BCUT2D eigenvalue weighted by Gasteiger charge is -2.29. The number of hydrogen-bond acceptors (Lipinski definition) is 3. The first-order chi connectivity index (χ1) is 27.3. The molecule has 0 aliphatic rings. The van der Waals surface area contributed by atoms with Crippen molar-refractivity contribution in [1.82, 2.24) is 0 Å². The van der Waals surface area contributed by atoms with E-state index in [0.717, 1.165) is 50.1 Å². The second-order valence-corrected chi connectivity index (χ2v) is 15.1. The Morgan fingerprint density at radius 2 is 1.04 bits per heavy atom. The predicted molar refractivity (Wildman–Crippen MR) is 235 cm³/mol. The first kappa shape index (κ1) is 31.6. The Labute approximate surface area is 322 Å². The standard InChI is InChI=1S/C52H33NOS/c1-2-12-36(13-3-1)42-30-27-38(41-19-10-15-35-14-4-5-16-40(35)41)32-48(42)53(47-21-11-20-46-45-18-7-9-23-51(45)55-52(46)47)39-28-24-34(25-29-39)37-26-31-44-43-17-6-8-22-49(43)54-50(44)33-37/h1-33H. The van der Waals surface area contributed by atoms with Gasteiger partial charge in [-0.3, -0.25) is 0 Å². The summed E-state index contributed by atoms with van der Waals surface area (Å²) in [5.74, 6) is 0. The Kier molecular flexibility index (Phi) is 7.39. The van der Waals surface area contributed by atoms with E-state index in [1.54, 1.807) is 0 Å². The van der Waals surface area contributed by atoms with E-state index in [9.17, 15) is 0 Å². The minimum Gasteiger partial charge on any atom is -0.456 e. The van der Waals surface area contributed by atoms with Crippen molar-refractivity contribution in [2.75, 3.05) is 4.90 Å². The van der Waals surface area contributed by atoms with Gasteiger partial charge in [0.05, 0.1) is 16.1 Å². The monoisotopic (exact) mass is 719 g/mol. The second-order valence-electron chi connectivity index (χ2n) is 14.1. The summed E-state index contributed by atoms with van der Waals surface area (Å²) in [5.41, 5.74) is 12.2. The zero-order chi connectivity index (χ0) is 36.3. The quantitative estimate of drug-likeness (QED) is 0.170. The van der Waals surface area contributed by atoms with Crippen LogP contribution in [0.2, 0.25) is 0 Å². The molecule has 0 spiro atoms. The fraction of sp³-hybridized carbons (Fsp3) is 0. The summed E-state index contributed by atoms with van der Waals surface area (Å²) >= 11 is 1.86.